The Hall–Kier alpha value is -3.00. The monoisotopic (exact) mass is 466 g/mol. The number of nitrogens with one attached hydrogen (secondary N) is 1. The zero-order valence-electron chi connectivity index (χ0n) is 20.5. The number of allylic oxidation sites excluding steroid dienone is 1. The number of H-pyrrole nitrogens is 1. The van der Waals surface area contributed by atoms with Crippen molar-refractivity contribution in [2.45, 2.75) is 44.8 Å². The number of carbonyl (C=O) groups is 2. The van der Waals surface area contributed by atoms with Crippen LogP contribution in [0.1, 0.15) is 43.6 Å². The van der Waals surface area contributed by atoms with Gasteiger partial charge >= 0.3 is 6.03 Å². The summed E-state index contributed by atoms with van der Waals surface area (Å²) in [6.07, 6.45) is 8.23. The lowest BCUT2D eigenvalue weighted by atomic mass is 9.81. The van der Waals surface area contributed by atoms with Crippen LogP contribution in [0.4, 0.5) is 4.79 Å². The molecule has 0 saturated carbocycles. The van der Waals surface area contributed by atoms with Crippen molar-refractivity contribution in [2.24, 2.45) is 5.92 Å². The highest BCUT2D eigenvalue weighted by molar-refractivity contribution is 5.92. The molecule has 2 atom stereocenters. The SMILES string of the molecule is CCN1C(=O)N2CC3=C(C(OC)CC(OC)=C3)[C@@H](C)C=C2C12CCN(C(=O)c1ccc[nH]1)CC2. The molecule has 182 valence electrons. The summed E-state index contributed by atoms with van der Waals surface area (Å²) < 4.78 is 11.4. The summed E-state index contributed by atoms with van der Waals surface area (Å²) >= 11 is 0. The lowest BCUT2D eigenvalue weighted by Gasteiger charge is -2.44. The van der Waals surface area contributed by atoms with Crippen LogP contribution < -0.4 is 0 Å². The second-order valence-electron chi connectivity index (χ2n) is 9.58. The number of rotatable bonds is 4. The van der Waals surface area contributed by atoms with Crippen LogP contribution >= 0.6 is 0 Å². The Balaban J connectivity index is 1.48. The van der Waals surface area contributed by atoms with E-state index >= 15 is 0 Å². The second-order valence-corrected chi connectivity index (χ2v) is 9.58. The predicted octanol–water partition coefficient (Wildman–Crippen LogP) is 3.53. The lowest BCUT2D eigenvalue weighted by molar-refractivity contribution is 0.0570. The molecule has 1 aliphatic carbocycles. The molecule has 1 N–H and O–H groups in total. The number of aromatic amines is 1. The number of nitrogens with zero attached hydrogens (tertiary/aromatic N) is 3. The topological polar surface area (TPSA) is 78.1 Å². The average molecular weight is 467 g/mol. The van der Waals surface area contributed by atoms with E-state index in [9.17, 15) is 9.59 Å². The summed E-state index contributed by atoms with van der Waals surface area (Å²) in [5.41, 5.74) is 3.64. The first kappa shape index (κ1) is 22.8. The van der Waals surface area contributed by atoms with Gasteiger partial charge in [0.05, 0.1) is 31.1 Å². The van der Waals surface area contributed by atoms with E-state index in [2.05, 4.69) is 24.1 Å². The van der Waals surface area contributed by atoms with Crippen LogP contribution in [0.2, 0.25) is 0 Å². The maximum Gasteiger partial charge on any atom is 0.325 e. The Labute approximate surface area is 200 Å². The molecule has 3 amide bonds. The first-order chi connectivity index (χ1) is 16.4. The van der Waals surface area contributed by atoms with E-state index in [1.807, 2.05) is 33.8 Å². The first-order valence-electron chi connectivity index (χ1n) is 12.2. The van der Waals surface area contributed by atoms with Crippen molar-refractivity contribution in [2.75, 3.05) is 40.4 Å². The molecule has 0 bridgehead atoms. The van der Waals surface area contributed by atoms with Gasteiger partial charge < -0.3 is 24.3 Å². The molecule has 4 aliphatic rings. The van der Waals surface area contributed by atoms with Crippen molar-refractivity contribution in [1.82, 2.24) is 19.7 Å². The van der Waals surface area contributed by atoms with Crippen molar-refractivity contribution in [3.8, 4) is 0 Å². The Kier molecular flexibility index (Phi) is 5.80. The number of hydrogen-bond donors (Lipinski definition) is 1. The molecule has 4 heterocycles. The van der Waals surface area contributed by atoms with Gasteiger partial charge in [-0.1, -0.05) is 13.0 Å². The molecule has 1 aromatic heterocycles. The number of likely N-dealkylation sites (tertiary alicyclic amines) is 1. The molecule has 0 radical (unpaired) electrons. The van der Waals surface area contributed by atoms with E-state index in [1.54, 1.807) is 20.4 Å². The van der Waals surface area contributed by atoms with Crippen LogP contribution in [0.15, 0.2) is 53.1 Å². The summed E-state index contributed by atoms with van der Waals surface area (Å²) in [6, 6.07) is 3.70. The highest BCUT2D eigenvalue weighted by atomic mass is 16.5. The standard InChI is InChI=1S/C26H34N4O4/c1-5-30-25(32)29-16-18-14-19(33-3)15-21(34-4)23(18)17(2)13-22(29)26(30)8-11-28(12-9-26)24(31)20-7-6-10-27-20/h6-7,10,13-14,17,21,27H,5,8-9,11-12,15-16H2,1-4H3/t17-,21?/m0/s1. The third-order valence-electron chi connectivity index (χ3n) is 7.98. The minimum absolute atomic E-state index is 0.0181. The van der Waals surface area contributed by atoms with E-state index in [0.717, 1.165) is 29.9 Å². The van der Waals surface area contributed by atoms with Crippen LogP contribution in [0.3, 0.4) is 0 Å². The number of hydrogen-bond acceptors (Lipinski definition) is 4. The molecule has 0 aromatic carbocycles. The van der Waals surface area contributed by atoms with E-state index in [1.165, 1.54) is 5.57 Å². The number of piperidine rings is 1. The summed E-state index contributed by atoms with van der Waals surface area (Å²) in [5.74, 6) is 1.03. The molecule has 8 nitrogen and oxygen atoms in total. The largest absolute Gasteiger partial charge is 0.501 e. The van der Waals surface area contributed by atoms with E-state index in [0.29, 0.717) is 38.3 Å². The van der Waals surface area contributed by atoms with Gasteiger partial charge in [-0.15, -0.1) is 0 Å². The van der Waals surface area contributed by atoms with E-state index in [-0.39, 0.29) is 24.0 Å². The Morgan fingerprint density at radius 3 is 2.65 bits per heavy atom. The molecular weight excluding hydrogens is 432 g/mol. The van der Waals surface area contributed by atoms with Crippen LogP contribution in [0.25, 0.3) is 0 Å². The smallest absolute Gasteiger partial charge is 0.325 e. The highest BCUT2D eigenvalue weighted by Crippen LogP contribution is 2.47. The van der Waals surface area contributed by atoms with Gasteiger partial charge in [0.25, 0.3) is 5.91 Å². The number of fused-ring (bicyclic) bond motifs is 2. The third-order valence-corrected chi connectivity index (χ3v) is 7.98. The zero-order valence-corrected chi connectivity index (χ0v) is 20.5. The number of methoxy groups -OCH3 is 2. The summed E-state index contributed by atoms with van der Waals surface area (Å²) in [4.78, 5) is 35.5. The molecule has 5 rings (SSSR count). The molecule has 34 heavy (non-hydrogen) atoms. The number of likely N-dealkylation sites (N-methyl/N-ethyl adjacent to an activating group) is 1. The van der Waals surface area contributed by atoms with Crippen LogP contribution in [-0.4, -0.2) is 83.7 Å². The highest BCUT2D eigenvalue weighted by Gasteiger charge is 2.55. The molecule has 3 aliphatic heterocycles. The van der Waals surface area contributed by atoms with E-state index in [4.69, 9.17) is 9.47 Å². The molecule has 1 spiro atoms. The molecule has 1 aromatic rings. The number of urea groups is 1. The van der Waals surface area contributed by atoms with Crippen LogP contribution in [-0.2, 0) is 9.47 Å². The predicted molar refractivity (Wildman–Crippen MR) is 128 cm³/mol. The summed E-state index contributed by atoms with van der Waals surface area (Å²) in [7, 11) is 3.42. The quantitative estimate of drug-likeness (QED) is 0.737. The van der Waals surface area contributed by atoms with Gasteiger partial charge in [0, 0.05) is 51.0 Å². The molecule has 1 unspecified atom stereocenters. The summed E-state index contributed by atoms with van der Waals surface area (Å²) in [6.45, 7) is 6.62. The van der Waals surface area contributed by atoms with Crippen LogP contribution in [0.5, 0.6) is 0 Å². The molecular formula is C26H34N4O4. The van der Waals surface area contributed by atoms with Crippen LogP contribution in [0, 0.1) is 5.92 Å². The zero-order chi connectivity index (χ0) is 24.0. The third kappa shape index (κ3) is 3.38. The first-order valence-corrected chi connectivity index (χ1v) is 12.2. The second kappa shape index (κ2) is 8.65. The fourth-order valence-electron chi connectivity index (χ4n) is 6.30. The van der Waals surface area contributed by atoms with Crippen molar-refractivity contribution in [1.29, 1.82) is 0 Å². The average Bonchev–Trinajstić information content (AvgIpc) is 3.42. The summed E-state index contributed by atoms with van der Waals surface area (Å²) in [5, 5.41) is 0. The number of carbonyl (C=O) groups excluding carboxylic acids is 2. The Morgan fingerprint density at radius 1 is 1.26 bits per heavy atom. The van der Waals surface area contributed by atoms with Gasteiger partial charge in [-0.25, -0.2) is 4.79 Å². The Morgan fingerprint density at radius 2 is 2.03 bits per heavy atom. The Bertz CT molecular complexity index is 1060. The molecule has 2 saturated heterocycles. The van der Waals surface area contributed by atoms with Gasteiger partial charge in [-0.2, -0.15) is 0 Å². The van der Waals surface area contributed by atoms with Crippen molar-refractivity contribution in [3.63, 3.8) is 0 Å². The van der Waals surface area contributed by atoms with E-state index < -0.39 is 5.54 Å². The number of ether oxygens (including phenoxy) is 2. The van der Waals surface area contributed by atoms with Gasteiger partial charge in [-0.05, 0) is 49.1 Å². The molecule has 2 fully saturated rings. The van der Waals surface area contributed by atoms with Gasteiger partial charge in [0.1, 0.15) is 5.69 Å². The fraction of sp³-hybridized carbons (Fsp3) is 0.538. The van der Waals surface area contributed by atoms with Gasteiger partial charge in [0.15, 0.2) is 0 Å². The normalized spacial score (nSPS) is 26.2. The lowest BCUT2D eigenvalue weighted by Crippen LogP contribution is -2.54. The van der Waals surface area contributed by atoms with Crippen molar-refractivity contribution >= 4 is 11.9 Å². The van der Waals surface area contributed by atoms with Crippen molar-refractivity contribution in [3.05, 3.63) is 58.8 Å². The van der Waals surface area contributed by atoms with Crippen molar-refractivity contribution < 1.29 is 19.1 Å². The minimum Gasteiger partial charge on any atom is -0.501 e. The molecule has 8 heteroatoms. The number of aromatic nitrogens is 1. The maximum atomic E-state index is 13.7. The minimum atomic E-state index is -0.391. The fourth-order valence-corrected chi connectivity index (χ4v) is 6.30. The van der Waals surface area contributed by atoms with Gasteiger partial charge in [-0.3, -0.25) is 9.69 Å². The maximum absolute atomic E-state index is 13.7. The number of amides is 3. The van der Waals surface area contributed by atoms with Gasteiger partial charge in [0.2, 0.25) is 0 Å².